The SMILES string of the molecule is CCn1c(CC(=O)Nc2ccc(C)c(C)c2)nnc1SCC(=O)Nc1ccc(C)cc1. The monoisotopic (exact) mass is 437 g/mol. The number of nitrogens with one attached hydrogen (secondary N) is 2. The Labute approximate surface area is 186 Å². The molecule has 0 atom stereocenters. The number of nitrogens with zero attached hydrogens (tertiary/aromatic N) is 3. The number of aryl methyl sites for hydroxylation is 3. The highest BCUT2D eigenvalue weighted by atomic mass is 32.2. The van der Waals surface area contributed by atoms with Crippen molar-refractivity contribution in [1.29, 1.82) is 0 Å². The van der Waals surface area contributed by atoms with Gasteiger partial charge in [-0.1, -0.05) is 35.5 Å². The van der Waals surface area contributed by atoms with E-state index in [9.17, 15) is 9.59 Å². The van der Waals surface area contributed by atoms with Crippen molar-refractivity contribution < 1.29 is 9.59 Å². The summed E-state index contributed by atoms with van der Waals surface area (Å²) in [5.41, 5.74) is 4.96. The van der Waals surface area contributed by atoms with Crippen molar-refractivity contribution in [1.82, 2.24) is 14.8 Å². The Bertz CT molecular complexity index is 1080. The Morgan fingerprint density at radius 3 is 2.26 bits per heavy atom. The molecule has 0 saturated carbocycles. The number of hydrogen-bond donors (Lipinski definition) is 2. The molecule has 0 saturated heterocycles. The smallest absolute Gasteiger partial charge is 0.234 e. The first-order chi connectivity index (χ1) is 14.9. The maximum atomic E-state index is 12.5. The molecule has 0 aliphatic heterocycles. The van der Waals surface area contributed by atoms with Gasteiger partial charge < -0.3 is 15.2 Å². The number of benzene rings is 2. The Hall–Kier alpha value is -3.13. The summed E-state index contributed by atoms with van der Waals surface area (Å²) >= 11 is 1.30. The molecular weight excluding hydrogens is 410 g/mol. The van der Waals surface area contributed by atoms with Gasteiger partial charge in [0, 0.05) is 17.9 Å². The highest BCUT2D eigenvalue weighted by molar-refractivity contribution is 7.99. The Balaban J connectivity index is 1.58. The van der Waals surface area contributed by atoms with E-state index in [2.05, 4.69) is 20.8 Å². The highest BCUT2D eigenvalue weighted by Crippen LogP contribution is 2.19. The highest BCUT2D eigenvalue weighted by Gasteiger charge is 2.16. The molecule has 2 aromatic carbocycles. The van der Waals surface area contributed by atoms with Crippen molar-refractivity contribution in [3.8, 4) is 0 Å². The fourth-order valence-electron chi connectivity index (χ4n) is 3.01. The van der Waals surface area contributed by atoms with E-state index in [1.165, 1.54) is 17.3 Å². The van der Waals surface area contributed by atoms with Crippen molar-refractivity contribution in [2.24, 2.45) is 0 Å². The zero-order valence-electron chi connectivity index (χ0n) is 18.2. The molecule has 0 bridgehead atoms. The Morgan fingerprint density at radius 2 is 1.58 bits per heavy atom. The molecule has 0 aliphatic rings. The zero-order valence-corrected chi connectivity index (χ0v) is 19.0. The van der Waals surface area contributed by atoms with Gasteiger partial charge in [0.05, 0.1) is 12.2 Å². The molecule has 1 heterocycles. The zero-order chi connectivity index (χ0) is 22.4. The number of carbonyl (C=O) groups excluding carboxylic acids is 2. The summed E-state index contributed by atoms with van der Waals surface area (Å²) in [5.74, 6) is 0.513. The van der Waals surface area contributed by atoms with Crippen molar-refractivity contribution >= 4 is 35.0 Å². The van der Waals surface area contributed by atoms with Crippen molar-refractivity contribution in [2.75, 3.05) is 16.4 Å². The summed E-state index contributed by atoms with van der Waals surface area (Å²) < 4.78 is 1.86. The summed E-state index contributed by atoms with van der Waals surface area (Å²) in [6.07, 6.45) is 0.115. The van der Waals surface area contributed by atoms with Gasteiger partial charge in [-0.05, 0) is 63.1 Å². The lowest BCUT2D eigenvalue weighted by molar-refractivity contribution is -0.116. The van der Waals surface area contributed by atoms with Crippen LogP contribution < -0.4 is 10.6 Å². The van der Waals surface area contributed by atoms with Gasteiger partial charge in [0.2, 0.25) is 11.8 Å². The quantitative estimate of drug-likeness (QED) is 0.517. The normalized spacial score (nSPS) is 10.7. The minimum absolute atomic E-state index is 0.115. The largest absolute Gasteiger partial charge is 0.326 e. The van der Waals surface area contributed by atoms with E-state index in [0.29, 0.717) is 17.5 Å². The van der Waals surface area contributed by atoms with Crippen LogP contribution in [0.2, 0.25) is 0 Å². The average molecular weight is 438 g/mol. The van der Waals surface area contributed by atoms with E-state index in [0.717, 1.165) is 22.5 Å². The van der Waals surface area contributed by atoms with Crippen LogP contribution in [0.4, 0.5) is 11.4 Å². The molecule has 8 heteroatoms. The van der Waals surface area contributed by atoms with Crippen LogP contribution in [0, 0.1) is 20.8 Å². The summed E-state index contributed by atoms with van der Waals surface area (Å²) in [6.45, 7) is 8.62. The van der Waals surface area contributed by atoms with E-state index in [1.807, 2.05) is 74.7 Å². The molecule has 0 aliphatic carbocycles. The van der Waals surface area contributed by atoms with Crippen LogP contribution in [0.1, 0.15) is 29.4 Å². The van der Waals surface area contributed by atoms with Crippen molar-refractivity contribution in [3.05, 3.63) is 65.0 Å². The number of aromatic nitrogens is 3. The van der Waals surface area contributed by atoms with Crippen LogP contribution in [0.15, 0.2) is 47.6 Å². The third-order valence-corrected chi connectivity index (χ3v) is 5.85. The van der Waals surface area contributed by atoms with Gasteiger partial charge in [0.15, 0.2) is 5.16 Å². The molecule has 0 spiro atoms. The standard InChI is InChI=1S/C23H27N5O2S/c1-5-28-20(13-21(29)25-19-11-8-16(3)17(4)12-19)26-27-23(28)31-14-22(30)24-18-9-6-15(2)7-10-18/h6-12H,5,13-14H2,1-4H3,(H,24,30)(H,25,29). The van der Waals surface area contributed by atoms with E-state index >= 15 is 0 Å². The summed E-state index contributed by atoms with van der Waals surface area (Å²) in [4.78, 5) is 24.7. The number of anilines is 2. The fraction of sp³-hybridized carbons (Fsp3) is 0.304. The van der Waals surface area contributed by atoms with E-state index in [4.69, 9.17) is 0 Å². The average Bonchev–Trinajstić information content (AvgIpc) is 3.12. The number of hydrogen-bond acceptors (Lipinski definition) is 5. The topological polar surface area (TPSA) is 88.9 Å². The minimum Gasteiger partial charge on any atom is -0.326 e. The lowest BCUT2D eigenvalue weighted by Gasteiger charge is -2.09. The predicted octanol–water partition coefficient (Wildman–Crippen LogP) is 4.14. The molecule has 2 N–H and O–H groups in total. The van der Waals surface area contributed by atoms with Gasteiger partial charge >= 0.3 is 0 Å². The van der Waals surface area contributed by atoms with Crippen LogP contribution in [-0.2, 0) is 22.6 Å². The molecule has 7 nitrogen and oxygen atoms in total. The van der Waals surface area contributed by atoms with Crippen molar-refractivity contribution in [2.45, 2.75) is 45.8 Å². The van der Waals surface area contributed by atoms with E-state index in [1.54, 1.807) is 0 Å². The second-order valence-corrected chi connectivity index (χ2v) is 8.31. The lowest BCUT2D eigenvalue weighted by Crippen LogP contribution is -2.18. The summed E-state index contributed by atoms with van der Waals surface area (Å²) in [5, 5.41) is 14.8. The number of thioether (sulfide) groups is 1. The molecule has 162 valence electrons. The second-order valence-electron chi connectivity index (χ2n) is 7.37. The van der Waals surface area contributed by atoms with Crippen LogP contribution in [0.5, 0.6) is 0 Å². The van der Waals surface area contributed by atoms with E-state index < -0.39 is 0 Å². The van der Waals surface area contributed by atoms with Gasteiger partial charge in [0.25, 0.3) is 0 Å². The van der Waals surface area contributed by atoms with Gasteiger partial charge in [-0.25, -0.2) is 0 Å². The first-order valence-electron chi connectivity index (χ1n) is 10.1. The molecule has 1 aromatic heterocycles. The molecule has 0 fully saturated rings. The van der Waals surface area contributed by atoms with Gasteiger partial charge in [-0.3, -0.25) is 9.59 Å². The second kappa shape index (κ2) is 10.3. The summed E-state index contributed by atoms with van der Waals surface area (Å²) in [6, 6.07) is 13.5. The molecular formula is C23H27N5O2S. The lowest BCUT2D eigenvalue weighted by atomic mass is 10.1. The Kier molecular flexibility index (Phi) is 7.46. The summed E-state index contributed by atoms with van der Waals surface area (Å²) in [7, 11) is 0. The van der Waals surface area contributed by atoms with Crippen molar-refractivity contribution in [3.63, 3.8) is 0 Å². The van der Waals surface area contributed by atoms with E-state index in [-0.39, 0.29) is 24.0 Å². The van der Waals surface area contributed by atoms with Gasteiger partial charge in [-0.15, -0.1) is 10.2 Å². The maximum Gasteiger partial charge on any atom is 0.234 e. The van der Waals surface area contributed by atoms with Crippen LogP contribution in [0.3, 0.4) is 0 Å². The molecule has 3 rings (SSSR count). The van der Waals surface area contributed by atoms with Gasteiger partial charge in [0.1, 0.15) is 5.82 Å². The predicted molar refractivity (Wildman–Crippen MR) is 124 cm³/mol. The first-order valence-corrected chi connectivity index (χ1v) is 11.1. The van der Waals surface area contributed by atoms with Crippen LogP contribution >= 0.6 is 11.8 Å². The maximum absolute atomic E-state index is 12.5. The molecule has 3 aromatic rings. The minimum atomic E-state index is -0.154. The molecule has 31 heavy (non-hydrogen) atoms. The van der Waals surface area contributed by atoms with Gasteiger partial charge in [-0.2, -0.15) is 0 Å². The third-order valence-electron chi connectivity index (χ3n) is 4.89. The molecule has 0 unspecified atom stereocenters. The number of amides is 2. The van der Waals surface area contributed by atoms with Crippen LogP contribution in [-0.4, -0.2) is 32.3 Å². The fourth-order valence-corrected chi connectivity index (χ4v) is 3.83. The number of carbonyl (C=O) groups is 2. The Morgan fingerprint density at radius 1 is 0.903 bits per heavy atom. The van der Waals surface area contributed by atoms with Crippen LogP contribution in [0.25, 0.3) is 0 Å². The molecule has 0 radical (unpaired) electrons. The molecule has 2 amide bonds. The third kappa shape index (κ3) is 6.18. The number of rotatable bonds is 8. The first kappa shape index (κ1) is 22.6.